The summed E-state index contributed by atoms with van der Waals surface area (Å²) in [6.07, 6.45) is 1.98. The van der Waals surface area contributed by atoms with Crippen molar-refractivity contribution >= 4 is 0 Å². The van der Waals surface area contributed by atoms with Gasteiger partial charge in [-0.1, -0.05) is 97.1 Å². The lowest BCUT2D eigenvalue weighted by Gasteiger charge is -2.33. The quantitative estimate of drug-likeness (QED) is 0.337. The molecule has 0 amide bonds. The molecule has 5 aromatic rings. The number of benzene rings is 4. The largest absolute Gasteiger partial charge is 0.361 e. The van der Waals surface area contributed by atoms with E-state index in [4.69, 9.17) is 0 Å². The van der Waals surface area contributed by atoms with E-state index in [1.54, 1.807) is 0 Å². The van der Waals surface area contributed by atoms with E-state index in [1.165, 1.54) is 38.9 Å². The Morgan fingerprint density at radius 1 is 0.500 bits per heavy atom. The number of aromatic amines is 1. The standard InChI is InChI=1S/C29H21N/c1-3-10-22(11-4-1)29(23-12-5-2-6-13-23)26-15-8-7-14-24(26)25-20-21(17-18-27(25)29)28-16-9-19-30-28/h1-20,30H. The van der Waals surface area contributed by atoms with Crippen molar-refractivity contribution in [2.24, 2.45) is 0 Å². The minimum absolute atomic E-state index is 0.317. The fourth-order valence-electron chi connectivity index (χ4n) is 5.13. The molecule has 1 aromatic heterocycles. The Bertz CT molecular complexity index is 1280. The van der Waals surface area contributed by atoms with Crippen molar-refractivity contribution < 1.29 is 0 Å². The zero-order chi connectivity index (χ0) is 20.0. The van der Waals surface area contributed by atoms with Crippen LogP contribution in [0, 0.1) is 0 Å². The molecule has 0 aliphatic heterocycles. The fourth-order valence-corrected chi connectivity index (χ4v) is 5.13. The monoisotopic (exact) mass is 383 g/mol. The predicted octanol–water partition coefficient (Wildman–Crippen LogP) is 7.04. The molecule has 1 aliphatic carbocycles. The topological polar surface area (TPSA) is 15.8 Å². The first kappa shape index (κ1) is 17.1. The van der Waals surface area contributed by atoms with Gasteiger partial charge in [0.25, 0.3) is 0 Å². The summed E-state index contributed by atoms with van der Waals surface area (Å²) in [5.74, 6) is 0. The van der Waals surface area contributed by atoms with Gasteiger partial charge < -0.3 is 4.98 Å². The molecule has 0 radical (unpaired) electrons. The van der Waals surface area contributed by atoms with Crippen molar-refractivity contribution in [3.05, 3.63) is 144 Å². The summed E-state index contributed by atoms with van der Waals surface area (Å²) in [7, 11) is 0. The van der Waals surface area contributed by atoms with Gasteiger partial charge in [0.05, 0.1) is 5.41 Å². The first-order chi connectivity index (χ1) is 14.9. The van der Waals surface area contributed by atoms with E-state index in [0.717, 1.165) is 5.69 Å². The van der Waals surface area contributed by atoms with Crippen LogP contribution in [0.4, 0.5) is 0 Å². The molecule has 1 nitrogen and oxygen atoms in total. The van der Waals surface area contributed by atoms with Crippen molar-refractivity contribution in [2.45, 2.75) is 5.41 Å². The summed E-state index contributed by atoms with van der Waals surface area (Å²) >= 11 is 0. The Morgan fingerprint density at radius 2 is 1.13 bits per heavy atom. The second kappa shape index (κ2) is 6.60. The molecular formula is C29H21N. The minimum Gasteiger partial charge on any atom is -0.361 e. The Hall–Kier alpha value is -3.84. The van der Waals surface area contributed by atoms with Crippen LogP contribution < -0.4 is 0 Å². The average Bonchev–Trinajstić information content (AvgIpc) is 3.46. The van der Waals surface area contributed by atoms with Crippen molar-refractivity contribution in [2.75, 3.05) is 0 Å². The highest BCUT2D eigenvalue weighted by atomic mass is 14.7. The van der Waals surface area contributed by atoms with Crippen molar-refractivity contribution in [3.63, 3.8) is 0 Å². The predicted molar refractivity (Wildman–Crippen MR) is 124 cm³/mol. The van der Waals surface area contributed by atoms with Crippen LogP contribution in [0.2, 0.25) is 0 Å². The van der Waals surface area contributed by atoms with Gasteiger partial charge in [0, 0.05) is 11.9 Å². The third kappa shape index (κ3) is 2.29. The zero-order valence-electron chi connectivity index (χ0n) is 16.5. The number of nitrogens with one attached hydrogen (secondary N) is 1. The van der Waals surface area contributed by atoms with E-state index in [1.807, 2.05) is 6.20 Å². The van der Waals surface area contributed by atoms with Crippen LogP contribution in [-0.4, -0.2) is 4.98 Å². The third-order valence-corrected chi connectivity index (χ3v) is 6.37. The van der Waals surface area contributed by atoms with Crippen LogP contribution in [0.1, 0.15) is 22.3 Å². The first-order valence-corrected chi connectivity index (χ1v) is 10.4. The Morgan fingerprint density at radius 3 is 1.80 bits per heavy atom. The summed E-state index contributed by atoms with van der Waals surface area (Å²) in [4.78, 5) is 3.35. The van der Waals surface area contributed by atoms with Gasteiger partial charge in [0.2, 0.25) is 0 Å². The number of rotatable bonds is 3. The molecule has 1 heteroatoms. The number of aromatic nitrogens is 1. The normalized spacial score (nSPS) is 13.6. The molecule has 0 saturated heterocycles. The van der Waals surface area contributed by atoms with Crippen LogP contribution in [0.15, 0.2) is 121 Å². The second-order valence-electron chi connectivity index (χ2n) is 7.87. The molecule has 0 atom stereocenters. The highest BCUT2D eigenvalue weighted by molar-refractivity contribution is 5.88. The van der Waals surface area contributed by atoms with E-state index >= 15 is 0 Å². The van der Waals surface area contributed by atoms with Gasteiger partial charge in [0.1, 0.15) is 0 Å². The molecule has 1 heterocycles. The highest BCUT2D eigenvalue weighted by Crippen LogP contribution is 2.56. The molecule has 1 N–H and O–H groups in total. The van der Waals surface area contributed by atoms with E-state index in [9.17, 15) is 0 Å². The molecule has 4 aromatic carbocycles. The Kier molecular flexibility index (Phi) is 3.75. The van der Waals surface area contributed by atoms with E-state index < -0.39 is 0 Å². The maximum atomic E-state index is 3.35. The molecular weight excluding hydrogens is 362 g/mol. The zero-order valence-corrected chi connectivity index (χ0v) is 16.5. The molecule has 6 rings (SSSR count). The lowest BCUT2D eigenvalue weighted by Crippen LogP contribution is -2.28. The van der Waals surface area contributed by atoms with Gasteiger partial charge in [-0.15, -0.1) is 0 Å². The molecule has 0 bridgehead atoms. The number of H-pyrrole nitrogens is 1. The summed E-state index contributed by atoms with van der Waals surface area (Å²) in [5, 5.41) is 0. The Balaban J connectivity index is 1.73. The Labute approximate surface area is 176 Å². The molecule has 0 unspecified atom stereocenters. The fraction of sp³-hybridized carbons (Fsp3) is 0.0345. The molecule has 0 saturated carbocycles. The van der Waals surface area contributed by atoms with E-state index in [0.29, 0.717) is 0 Å². The van der Waals surface area contributed by atoms with Crippen molar-refractivity contribution in [3.8, 4) is 22.4 Å². The summed E-state index contributed by atoms with van der Waals surface area (Å²) in [6, 6.07) is 41.8. The van der Waals surface area contributed by atoms with Crippen LogP contribution in [0.25, 0.3) is 22.4 Å². The minimum atomic E-state index is -0.317. The van der Waals surface area contributed by atoms with E-state index in [-0.39, 0.29) is 5.41 Å². The van der Waals surface area contributed by atoms with Gasteiger partial charge >= 0.3 is 0 Å². The number of fused-ring (bicyclic) bond motifs is 3. The molecule has 0 fully saturated rings. The van der Waals surface area contributed by atoms with Gasteiger partial charge in [-0.2, -0.15) is 0 Å². The first-order valence-electron chi connectivity index (χ1n) is 10.4. The van der Waals surface area contributed by atoms with Crippen LogP contribution in [0.3, 0.4) is 0 Å². The SMILES string of the molecule is c1ccc(C2(c3ccccc3)c3ccccc3-c3cc(-c4ccc[nH]4)ccc32)cc1. The highest BCUT2D eigenvalue weighted by Gasteiger charge is 2.45. The molecule has 142 valence electrons. The van der Waals surface area contributed by atoms with Gasteiger partial charge in [0.15, 0.2) is 0 Å². The van der Waals surface area contributed by atoms with Crippen LogP contribution >= 0.6 is 0 Å². The lowest BCUT2D eigenvalue weighted by atomic mass is 9.67. The summed E-state index contributed by atoms with van der Waals surface area (Å²) < 4.78 is 0. The van der Waals surface area contributed by atoms with E-state index in [2.05, 4.69) is 120 Å². The molecule has 0 spiro atoms. The average molecular weight is 383 g/mol. The van der Waals surface area contributed by atoms with Crippen LogP contribution in [-0.2, 0) is 5.41 Å². The lowest BCUT2D eigenvalue weighted by molar-refractivity contribution is 0.768. The van der Waals surface area contributed by atoms with Gasteiger partial charge in [-0.3, -0.25) is 0 Å². The molecule has 1 aliphatic rings. The molecule has 30 heavy (non-hydrogen) atoms. The van der Waals surface area contributed by atoms with Gasteiger partial charge in [-0.05, 0) is 57.1 Å². The van der Waals surface area contributed by atoms with Crippen molar-refractivity contribution in [1.82, 2.24) is 4.98 Å². The second-order valence-corrected chi connectivity index (χ2v) is 7.87. The third-order valence-electron chi connectivity index (χ3n) is 6.37. The number of hydrogen-bond donors (Lipinski definition) is 1. The summed E-state index contributed by atoms with van der Waals surface area (Å²) in [6.45, 7) is 0. The summed E-state index contributed by atoms with van der Waals surface area (Å²) in [5.41, 5.74) is 9.96. The van der Waals surface area contributed by atoms with Crippen molar-refractivity contribution in [1.29, 1.82) is 0 Å². The number of hydrogen-bond acceptors (Lipinski definition) is 0. The van der Waals surface area contributed by atoms with Gasteiger partial charge in [-0.25, -0.2) is 0 Å². The van der Waals surface area contributed by atoms with Crippen LogP contribution in [0.5, 0.6) is 0 Å². The smallest absolute Gasteiger partial charge is 0.0713 e. The maximum Gasteiger partial charge on any atom is 0.0713 e. The maximum absolute atomic E-state index is 3.35.